The maximum atomic E-state index is 14.0. The van der Waals surface area contributed by atoms with Crippen LogP contribution in [0.2, 0.25) is 0 Å². The molecule has 0 unspecified atom stereocenters. The third-order valence-corrected chi connectivity index (χ3v) is 2.54. The van der Waals surface area contributed by atoms with Crippen LogP contribution in [0, 0.1) is 0 Å². The molecule has 17 heavy (non-hydrogen) atoms. The summed E-state index contributed by atoms with van der Waals surface area (Å²) in [5.74, 6) is 0. The molecular formula is C11H22ClFN2O2. The number of carbonyl (C=O) groups is 1. The number of ether oxygens (including phenoxy) is 1. The Morgan fingerprint density at radius 1 is 1.59 bits per heavy atom. The Morgan fingerprint density at radius 2 is 2.18 bits per heavy atom. The van der Waals surface area contributed by atoms with Crippen molar-refractivity contribution in [2.24, 2.45) is 5.73 Å². The Morgan fingerprint density at radius 3 is 2.59 bits per heavy atom. The van der Waals surface area contributed by atoms with Gasteiger partial charge in [-0.1, -0.05) is 0 Å². The lowest BCUT2D eigenvalue weighted by Gasteiger charge is -2.23. The van der Waals surface area contributed by atoms with Crippen LogP contribution >= 0.6 is 12.4 Å². The van der Waals surface area contributed by atoms with Gasteiger partial charge in [-0.25, -0.2) is 9.18 Å². The number of halogens is 2. The zero-order valence-electron chi connectivity index (χ0n) is 10.6. The maximum absolute atomic E-state index is 14.0. The number of hydrogen-bond acceptors (Lipinski definition) is 3. The van der Waals surface area contributed by atoms with Crippen LogP contribution < -0.4 is 11.1 Å². The van der Waals surface area contributed by atoms with E-state index < -0.39 is 17.4 Å². The van der Waals surface area contributed by atoms with E-state index in [4.69, 9.17) is 10.5 Å². The van der Waals surface area contributed by atoms with Gasteiger partial charge in [0.15, 0.2) is 0 Å². The lowest BCUT2D eigenvalue weighted by atomic mass is 10.1. The van der Waals surface area contributed by atoms with Crippen molar-refractivity contribution in [3.05, 3.63) is 0 Å². The fourth-order valence-corrected chi connectivity index (χ4v) is 1.82. The Labute approximate surface area is 108 Å². The number of amides is 1. The van der Waals surface area contributed by atoms with Crippen molar-refractivity contribution < 1.29 is 13.9 Å². The van der Waals surface area contributed by atoms with E-state index in [-0.39, 0.29) is 25.0 Å². The standard InChI is InChI=1S/C11H21FN2O2.ClH/c1-10(2,3)16-9(15)14-7-11(12)5-4-8(13)6-11;/h8H,4-7,13H2,1-3H3,(H,14,15);1H/t8-,11-;/m1./s1. The minimum Gasteiger partial charge on any atom is -0.444 e. The van der Waals surface area contributed by atoms with Crippen molar-refractivity contribution in [3.8, 4) is 0 Å². The first-order valence-corrected chi connectivity index (χ1v) is 5.62. The second-order valence-electron chi connectivity index (χ2n) is 5.51. The molecule has 0 aromatic rings. The molecule has 0 heterocycles. The Bertz CT molecular complexity index is 271. The number of alkyl halides is 1. The number of nitrogens with one attached hydrogen (secondary N) is 1. The van der Waals surface area contributed by atoms with Crippen LogP contribution in [0.4, 0.5) is 9.18 Å². The minimum atomic E-state index is -1.36. The number of carbonyl (C=O) groups excluding carboxylic acids is 1. The van der Waals surface area contributed by atoms with Gasteiger partial charge in [0, 0.05) is 6.04 Å². The molecule has 1 saturated carbocycles. The van der Waals surface area contributed by atoms with Gasteiger partial charge < -0.3 is 15.8 Å². The molecule has 6 heteroatoms. The molecule has 0 radical (unpaired) electrons. The van der Waals surface area contributed by atoms with Crippen molar-refractivity contribution in [2.45, 2.75) is 57.3 Å². The molecule has 0 aromatic carbocycles. The van der Waals surface area contributed by atoms with E-state index >= 15 is 0 Å². The van der Waals surface area contributed by atoms with Gasteiger partial charge in [0.25, 0.3) is 0 Å². The molecule has 4 nitrogen and oxygen atoms in total. The van der Waals surface area contributed by atoms with Gasteiger partial charge in [0.05, 0.1) is 6.54 Å². The highest BCUT2D eigenvalue weighted by atomic mass is 35.5. The second-order valence-corrected chi connectivity index (χ2v) is 5.51. The van der Waals surface area contributed by atoms with E-state index in [9.17, 15) is 9.18 Å². The monoisotopic (exact) mass is 268 g/mol. The van der Waals surface area contributed by atoms with Crippen LogP contribution in [0.5, 0.6) is 0 Å². The van der Waals surface area contributed by atoms with E-state index in [1.807, 2.05) is 0 Å². The highest BCUT2D eigenvalue weighted by molar-refractivity contribution is 5.85. The average molecular weight is 269 g/mol. The molecule has 0 saturated heterocycles. The van der Waals surface area contributed by atoms with Crippen molar-refractivity contribution in [2.75, 3.05) is 6.54 Å². The molecule has 0 spiro atoms. The molecule has 0 bridgehead atoms. The highest BCUT2D eigenvalue weighted by Crippen LogP contribution is 2.32. The van der Waals surface area contributed by atoms with Crippen LogP contribution in [-0.4, -0.2) is 29.9 Å². The van der Waals surface area contributed by atoms with E-state index in [1.165, 1.54) is 0 Å². The Kier molecular flexibility index (Phi) is 5.68. The van der Waals surface area contributed by atoms with Crippen LogP contribution in [0.1, 0.15) is 40.0 Å². The summed E-state index contributed by atoms with van der Waals surface area (Å²) >= 11 is 0. The summed E-state index contributed by atoms with van der Waals surface area (Å²) in [6.45, 7) is 5.28. The van der Waals surface area contributed by atoms with Crippen LogP contribution in [0.25, 0.3) is 0 Å². The maximum Gasteiger partial charge on any atom is 0.407 e. The van der Waals surface area contributed by atoms with Crippen LogP contribution in [0.15, 0.2) is 0 Å². The molecule has 0 aromatic heterocycles. The minimum absolute atomic E-state index is 0. The Balaban J connectivity index is 0.00000256. The van der Waals surface area contributed by atoms with Crippen molar-refractivity contribution in [3.63, 3.8) is 0 Å². The fourth-order valence-electron chi connectivity index (χ4n) is 1.82. The van der Waals surface area contributed by atoms with Crippen molar-refractivity contribution in [1.29, 1.82) is 0 Å². The van der Waals surface area contributed by atoms with E-state index in [2.05, 4.69) is 5.32 Å². The molecule has 1 fully saturated rings. The summed E-state index contributed by atoms with van der Waals surface area (Å²) in [6.07, 6.45) is 0.809. The zero-order chi connectivity index (χ0) is 12.4. The third-order valence-electron chi connectivity index (χ3n) is 2.54. The highest BCUT2D eigenvalue weighted by Gasteiger charge is 2.38. The molecular weight excluding hydrogens is 247 g/mol. The van der Waals surface area contributed by atoms with Crippen LogP contribution in [0.3, 0.4) is 0 Å². The zero-order valence-corrected chi connectivity index (χ0v) is 11.4. The predicted octanol–water partition coefficient (Wildman–Crippen LogP) is 2.15. The van der Waals surface area contributed by atoms with E-state index in [1.54, 1.807) is 20.8 Å². The van der Waals surface area contributed by atoms with Crippen molar-refractivity contribution in [1.82, 2.24) is 5.32 Å². The average Bonchev–Trinajstić information content (AvgIpc) is 2.41. The summed E-state index contributed by atoms with van der Waals surface area (Å²) in [6, 6.07) is -0.0922. The normalized spacial score (nSPS) is 28.4. The van der Waals surface area contributed by atoms with Gasteiger partial charge in [0.1, 0.15) is 11.3 Å². The summed E-state index contributed by atoms with van der Waals surface area (Å²) in [7, 11) is 0. The molecule has 1 aliphatic carbocycles. The van der Waals surface area contributed by atoms with Gasteiger partial charge in [0.2, 0.25) is 0 Å². The summed E-state index contributed by atoms with van der Waals surface area (Å²) in [5, 5.41) is 2.45. The number of alkyl carbamates (subject to hydrolysis) is 1. The summed E-state index contributed by atoms with van der Waals surface area (Å²) < 4.78 is 19.0. The van der Waals surface area contributed by atoms with E-state index in [0.29, 0.717) is 19.3 Å². The molecule has 1 rings (SSSR count). The summed E-state index contributed by atoms with van der Waals surface area (Å²) in [4.78, 5) is 11.3. The Hall–Kier alpha value is -0.550. The largest absolute Gasteiger partial charge is 0.444 e. The lowest BCUT2D eigenvalue weighted by molar-refractivity contribution is 0.0478. The number of hydrogen-bond donors (Lipinski definition) is 2. The molecule has 3 N–H and O–H groups in total. The van der Waals surface area contributed by atoms with Gasteiger partial charge in [-0.2, -0.15) is 0 Å². The van der Waals surface area contributed by atoms with Crippen molar-refractivity contribution >= 4 is 18.5 Å². The smallest absolute Gasteiger partial charge is 0.407 e. The fraction of sp³-hybridized carbons (Fsp3) is 0.909. The molecule has 1 amide bonds. The topological polar surface area (TPSA) is 64.3 Å². The van der Waals surface area contributed by atoms with Gasteiger partial charge in [-0.05, 0) is 40.0 Å². The first-order chi connectivity index (χ1) is 7.20. The molecule has 102 valence electrons. The second kappa shape index (κ2) is 5.87. The third kappa shape index (κ3) is 6.07. The lowest BCUT2D eigenvalue weighted by Crippen LogP contribution is -2.41. The SMILES string of the molecule is CC(C)(C)OC(=O)NC[C@@]1(F)CC[C@@H](N)C1.Cl. The molecule has 0 aliphatic heterocycles. The number of nitrogens with two attached hydrogens (primary N) is 1. The van der Waals surface area contributed by atoms with Gasteiger partial charge in [-0.15, -0.1) is 12.4 Å². The van der Waals surface area contributed by atoms with Gasteiger partial charge in [-0.3, -0.25) is 0 Å². The first kappa shape index (κ1) is 16.4. The predicted molar refractivity (Wildman–Crippen MR) is 67.2 cm³/mol. The number of rotatable bonds is 2. The van der Waals surface area contributed by atoms with E-state index in [0.717, 1.165) is 0 Å². The van der Waals surface area contributed by atoms with Crippen LogP contribution in [-0.2, 0) is 4.74 Å². The molecule has 1 aliphatic rings. The summed E-state index contributed by atoms with van der Waals surface area (Å²) in [5.41, 5.74) is 3.71. The van der Waals surface area contributed by atoms with Gasteiger partial charge >= 0.3 is 6.09 Å². The quantitative estimate of drug-likeness (QED) is 0.807. The first-order valence-electron chi connectivity index (χ1n) is 5.62. The molecule has 2 atom stereocenters.